The molecule has 1 aromatic heterocycles. The number of rotatable bonds is 8. The van der Waals surface area contributed by atoms with Crippen molar-refractivity contribution in [1.82, 2.24) is 9.55 Å². The van der Waals surface area contributed by atoms with Crippen molar-refractivity contribution in [3.05, 3.63) is 56.7 Å². The number of methoxy groups -OCH3 is 1. The van der Waals surface area contributed by atoms with Crippen LogP contribution in [-0.4, -0.2) is 35.7 Å². The molecular weight excluding hydrogens is 372 g/mol. The van der Waals surface area contributed by atoms with Crippen LogP contribution in [0.3, 0.4) is 0 Å². The van der Waals surface area contributed by atoms with Gasteiger partial charge in [-0.2, -0.15) is 0 Å². The number of carbonyl (C=O) groups is 1. The topological polar surface area (TPSA) is 110 Å². The van der Waals surface area contributed by atoms with Crippen LogP contribution in [0.25, 0.3) is 0 Å². The molecule has 3 N–H and O–H groups in total. The van der Waals surface area contributed by atoms with E-state index in [2.05, 4.69) is 4.98 Å². The molecule has 0 saturated carbocycles. The number of amides is 1. The number of aromatic nitrogens is 2. The summed E-state index contributed by atoms with van der Waals surface area (Å²) in [6, 6.07) is 9.30. The summed E-state index contributed by atoms with van der Waals surface area (Å²) in [6.07, 6.45) is 0.764. The number of benzene rings is 1. The van der Waals surface area contributed by atoms with Crippen LogP contribution in [0.1, 0.15) is 39.2 Å². The highest BCUT2D eigenvalue weighted by atomic mass is 16.5. The minimum absolute atomic E-state index is 0.00545. The van der Waals surface area contributed by atoms with Crippen molar-refractivity contribution in [3.8, 4) is 0 Å². The van der Waals surface area contributed by atoms with Gasteiger partial charge in [-0.1, -0.05) is 51.1 Å². The molecule has 0 spiro atoms. The third kappa shape index (κ3) is 6.05. The zero-order chi connectivity index (χ0) is 21.6. The van der Waals surface area contributed by atoms with Crippen molar-refractivity contribution in [2.45, 2.75) is 40.2 Å². The molecule has 1 amide bonds. The van der Waals surface area contributed by atoms with Crippen molar-refractivity contribution in [1.29, 1.82) is 0 Å². The second-order valence-corrected chi connectivity index (χ2v) is 8.19. The first kappa shape index (κ1) is 22.4. The van der Waals surface area contributed by atoms with E-state index in [9.17, 15) is 14.4 Å². The number of nitrogen functional groups attached to an aromatic ring is 1. The SMILES string of the molecule is COCCCN(C(=O)CC(C)(C)C)c1c(N)n(Cc2ccccc2)c(=O)[nH]c1=O. The van der Waals surface area contributed by atoms with Crippen molar-refractivity contribution in [2.75, 3.05) is 30.9 Å². The van der Waals surface area contributed by atoms with E-state index in [-0.39, 0.29) is 42.3 Å². The quantitative estimate of drug-likeness (QED) is 0.656. The number of H-pyrrole nitrogens is 1. The van der Waals surface area contributed by atoms with E-state index in [1.54, 1.807) is 7.11 Å². The average molecular weight is 402 g/mol. The van der Waals surface area contributed by atoms with Gasteiger partial charge in [-0.15, -0.1) is 0 Å². The number of hydrogen-bond acceptors (Lipinski definition) is 5. The normalized spacial score (nSPS) is 11.4. The van der Waals surface area contributed by atoms with E-state index in [0.717, 1.165) is 5.56 Å². The summed E-state index contributed by atoms with van der Waals surface area (Å²) < 4.78 is 6.36. The van der Waals surface area contributed by atoms with Gasteiger partial charge in [-0.3, -0.25) is 19.1 Å². The average Bonchev–Trinajstić information content (AvgIpc) is 2.63. The van der Waals surface area contributed by atoms with Gasteiger partial charge in [0.15, 0.2) is 5.69 Å². The Morgan fingerprint density at radius 1 is 1.21 bits per heavy atom. The summed E-state index contributed by atoms with van der Waals surface area (Å²) in [4.78, 5) is 41.7. The van der Waals surface area contributed by atoms with Crippen molar-refractivity contribution < 1.29 is 9.53 Å². The Balaban J connectivity index is 2.51. The molecule has 0 aliphatic heterocycles. The number of ether oxygens (including phenoxy) is 1. The number of nitrogens with one attached hydrogen (secondary N) is 1. The molecule has 0 aliphatic rings. The van der Waals surface area contributed by atoms with Gasteiger partial charge in [0.25, 0.3) is 5.56 Å². The molecular formula is C21H30N4O4. The smallest absolute Gasteiger partial charge is 0.330 e. The van der Waals surface area contributed by atoms with Gasteiger partial charge in [0, 0.05) is 26.7 Å². The molecule has 29 heavy (non-hydrogen) atoms. The van der Waals surface area contributed by atoms with Gasteiger partial charge in [0.2, 0.25) is 5.91 Å². The summed E-state index contributed by atoms with van der Waals surface area (Å²) in [7, 11) is 1.57. The Bertz CT molecular complexity index is 942. The third-order valence-corrected chi connectivity index (χ3v) is 4.38. The molecule has 0 atom stereocenters. The molecule has 0 radical (unpaired) electrons. The maximum Gasteiger partial charge on any atom is 0.330 e. The predicted octanol–water partition coefficient (Wildman–Crippen LogP) is 1.97. The molecule has 2 aromatic rings. The number of carbonyl (C=O) groups excluding carboxylic acids is 1. The van der Waals surface area contributed by atoms with E-state index in [1.807, 2.05) is 51.1 Å². The Morgan fingerprint density at radius 2 is 1.86 bits per heavy atom. The van der Waals surface area contributed by atoms with Crippen molar-refractivity contribution in [2.24, 2.45) is 5.41 Å². The van der Waals surface area contributed by atoms with E-state index < -0.39 is 11.2 Å². The molecule has 2 rings (SSSR count). The lowest BCUT2D eigenvalue weighted by Gasteiger charge is -2.27. The molecule has 0 saturated heterocycles. The highest BCUT2D eigenvalue weighted by Gasteiger charge is 2.27. The Kier molecular flexibility index (Phi) is 7.39. The number of anilines is 2. The molecule has 1 aromatic carbocycles. The predicted molar refractivity (Wildman–Crippen MR) is 114 cm³/mol. The summed E-state index contributed by atoms with van der Waals surface area (Å²) in [5, 5.41) is 0. The molecule has 8 heteroatoms. The van der Waals surface area contributed by atoms with E-state index in [4.69, 9.17) is 10.5 Å². The zero-order valence-electron chi connectivity index (χ0n) is 17.5. The zero-order valence-corrected chi connectivity index (χ0v) is 17.5. The van der Waals surface area contributed by atoms with Gasteiger partial charge < -0.3 is 15.4 Å². The highest BCUT2D eigenvalue weighted by Crippen LogP contribution is 2.24. The van der Waals surface area contributed by atoms with E-state index in [0.29, 0.717) is 13.0 Å². The second-order valence-electron chi connectivity index (χ2n) is 8.19. The van der Waals surface area contributed by atoms with Gasteiger partial charge >= 0.3 is 5.69 Å². The Morgan fingerprint density at radius 3 is 2.45 bits per heavy atom. The van der Waals surface area contributed by atoms with Crippen LogP contribution in [-0.2, 0) is 16.1 Å². The largest absolute Gasteiger partial charge is 0.385 e. The second kappa shape index (κ2) is 9.56. The molecule has 0 aliphatic carbocycles. The fourth-order valence-electron chi connectivity index (χ4n) is 3.04. The monoisotopic (exact) mass is 402 g/mol. The molecule has 0 fully saturated rings. The minimum Gasteiger partial charge on any atom is -0.385 e. The fourth-order valence-corrected chi connectivity index (χ4v) is 3.04. The standard InChI is InChI=1S/C21H30N4O4/c1-21(2,3)13-16(26)24(11-8-12-29-4)17-18(22)25(20(28)23-19(17)27)14-15-9-6-5-7-10-15/h5-7,9-10H,8,11-14,22H2,1-4H3,(H,23,27,28). The number of nitrogens with two attached hydrogens (primary N) is 1. The number of nitrogens with zero attached hydrogens (tertiary/aromatic N) is 2. The third-order valence-electron chi connectivity index (χ3n) is 4.38. The van der Waals surface area contributed by atoms with E-state index in [1.165, 1.54) is 9.47 Å². The number of hydrogen-bond donors (Lipinski definition) is 2. The minimum atomic E-state index is -0.670. The lowest BCUT2D eigenvalue weighted by atomic mass is 9.91. The summed E-state index contributed by atoms with van der Waals surface area (Å²) in [6.45, 7) is 6.72. The lowest BCUT2D eigenvalue weighted by Crippen LogP contribution is -2.42. The molecule has 0 bridgehead atoms. The van der Waals surface area contributed by atoms with Gasteiger partial charge in [-0.05, 0) is 17.4 Å². The van der Waals surface area contributed by atoms with Gasteiger partial charge in [0.1, 0.15) is 5.82 Å². The summed E-state index contributed by atoms with van der Waals surface area (Å²) in [5.41, 5.74) is 5.57. The summed E-state index contributed by atoms with van der Waals surface area (Å²) in [5.74, 6) is -0.252. The van der Waals surface area contributed by atoms with Crippen LogP contribution in [0, 0.1) is 5.41 Å². The van der Waals surface area contributed by atoms with Gasteiger partial charge in [-0.25, -0.2) is 4.79 Å². The highest BCUT2D eigenvalue weighted by molar-refractivity contribution is 5.95. The van der Waals surface area contributed by atoms with Crippen molar-refractivity contribution >= 4 is 17.4 Å². The van der Waals surface area contributed by atoms with Gasteiger partial charge in [0.05, 0.1) is 6.54 Å². The van der Waals surface area contributed by atoms with Crippen LogP contribution in [0.2, 0.25) is 0 Å². The molecule has 8 nitrogen and oxygen atoms in total. The van der Waals surface area contributed by atoms with Crippen LogP contribution >= 0.6 is 0 Å². The Hall–Kier alpha value is -2.87. The van der Waals surface area contributed by atoms with Crippen LogP contribution in [0.4, 0.5) is 11.5 Å². The molecule has 158 valence electrons. The van der Waals surface area contributed by atoms with Crippen LogP contribution in [0.5, 0.6) is 0 Å². The van der Waals surface area contributed by atoms with Crippen molar-refractivity contribution in [3.63, 3.8) is 0 Å². The first-order valence-corrected chi connectivity index (χ1v) is 9.60. The molecule has 0 unspecified atom stereocenters. The van der Waals surface area contributed by atoms with Crippen LogP contribution < -0.4 is 21.9 Å². The first-order chi connectivity index (χ1) is 13.6. The number of aromatic amines is 1. The maximum atomic E-state index is 13.0. The fraction of sp³-hybridized carbons (Fsp3) is 0.476. The molecule has 1 heterocycles. The summed E-state index contributed by atoms with van der Waals surface area (Å²) >= 11 is 0. The Labute approximate surface area is 170 Å². The maximum absolute atomic E-state index is 13.0. The van der Waals surface area contributed by atoms with E-state index >= 15 is 0 Å². The lowest BCUT2D eigenvalue weighted by molar-refractivity contribution is -0.120. The first-order valence-electron chi connectivity index (χ1n) is 9.60. The van der Waals surface area contributed by atoms with Crippen LogP contribution in [0.15, 0.2) is 39.9 Å².